The number of carbonyl (C=O) groups is 3. The fourth-order valence-electron chi connectivity index (χ4n) is 0.209. The molecule has 126 valence electrons. The second-order valence-corrected chi connectivity index (χ2v) is 3.24. The Hall–Kier alpha value is -1.30. The van der Waals surface area contributed by atoms with Crippen molar-refractivity contribution in [3.05, 3.63) is 0 Å². The quantitative estimate of drug-likeness (QED) is 0.249. The van der Waals surface area contributed by atoms with Gasteiger partial charge in [-0.25, -0.2) is 14.4 Å². The van der Waals surface area contributed by atoms with E-state index in [9.17, 15) is 14.4 Å². The topological polar surface area (TPSA) is 209 Å². The minimum absolute atomic E-state index is 0. The summed E-state index contributed by atoms with van der Waals surface area (Å²) in [7, 11) is 0. The molecule has 0 aromatic carbocycles. The van der Waals surface area contributed by atoms with Crippen molar-refractivity contribution in [2.24, 2.45) is 0 Å². The van der Waals surface area contributed by atoms with E-state index >= 15 is 0 Å². The maximum Gasteiger partial charge on any atom is 3.00 e. The first-order valence-corrected chi connectivity index (χ1v) is 5.10. The van der Waals surface area contributed by atoms with Crippen molar-refractivity contribution in [3.63, 3.8) is 0 Å². The van der Waals surface area contributed by atoms with E-state index in [-0.39, 0.29) is 17.4 Å². The van der Waals surface area contributed by atoms with Gasteiger partial charge in [-0.15, -0.1) is 0 Å². The predicted octanol–water partition coefficient (Wildman–Crippen LogP) is -5.82. The molecule has 0 bridgehead atoms. The molecule has 0 saturated carbocycles. The molecule has 13 heteroatoms. The maximum atomic E-state index is 9.73. The summed E-state index contributed by atoms with van der Waals surface area (Å²) < 4.78 is 0. The third kappa shape index (κ3) is 21.0. The summed E-state index contributed by atoms with van der Waals surface area (Å²) in [5, 5.41) is 51.6. The van der Waals surface area contributed by atoms with Crippen LogP contribution in [0, 0.1) is 0 Å². The van der Waals surface area contributed by atoms with Gasteiger partial charge in [0.15, 0.2) is 0 Å². The van der Waals surface area contributed by atoms with Crippen molar-refractivity contribution in [2.45, 2.75) is 39.1 Å². The molecule has 0 aliphatic carbocycles. The molecule has 0 spiro atoms. The van der Waals surface area contributed by atoms with Gasteiger partial charge in [-0.3, -0.25) is 0 Å². The standard InChI is InChI=1S/3C3H6O4.Al/c3*1-2(4)3(5)7-6;/h3*2,4,6H,1H3;/q;;;+3/p-3. The van der Waals surface area contributed by atoms with E-state index in [4.69, 9.17) is 31.1 Å². The molecule has 12 nitrogen and oxygen atoms in total. The molecule has 0 amide bonds. The Kier molecular flexibility index (Phi) is 23.2. The summed E-state index contributed by atoms with van der Waals surface area (Å²) in [5.74, 6) is -3.46. The summed E-state index contributed by atoms with van der Waals surface area (Å²) in [6.45, 7) is 3.46. The van der Waals surface area contributed by atoms with E-state index in [1.807, 2.05) is 0 Å². The van der Waals surface area contributed by atoms with Crippen molar-refractivity contribution in [1.29, 1.82) is 0 Å². The van der Waals surface area contributed by atoms with Crippen LogP contribution in [0.15, 0.2) is 0 Å². The molecule has 0 aliphatic heterocycles. The Bertz CT molecular complexity index is 255. The normalized spacial score (nSPS) is 12.4. The summed E-state index contributed by atoms with van der Waals surface area (Å²) in [6.07, 6.45) is -3.92. The van der Waals surface area contributed by atoms with Crippen LogP contribution in [0.2, 0.25) is 0 Å². The van der Waals surface area contributed by atoms with Crippen LogP contribution < -0.4 is 15.8 Å². The van der Waals surface area contributed by atoms with Crippen LogP contribution in [0.25, 0.3) is 0 Å². The fourth-order valence-corrected chi connectivity index (χ4v) is 0.209. The zero-order valence-corrected chi connectivity index (χ0v) is 13.0. The van der Waals surface area contributed by atoms with Crippen LogP contribution in [0.1, 0.15) is 20.8 Å². The zero-order chi connectivity index (χ0) is 17.6. The van der Waals surface area contributed by atoms with Gasteiger partial charge in [0, 0.05) is 0 Å². The second kappa shape index (κ2) is 17.8. The van der Waals surface area contributed by atoms with Crippen LogP contribution in [0.4, 0.5) is 0 Å². The molecular weight excluding hydrogens is 327 g/mol. The molecule has 0 aromatic rings. The van der Waals surface area contributed by atoms with Gasteiger partial charge in [0.05, 0.1) is 0 Å². The molecule has 22 heavy (non-hydrogen) atoms. The second-order valence-electron chi connectivity index (χ2n) is 3.24. The summed E-state index contributed by atoms with van der Waals surface area (Å²) in [4.78, 5) is 37.8. The molecule has 3 atom stereocenters. The van der Waals surface area contributed by atoms with Gasteiger partial charge in [-0.1, -0.05) is 0 Å². The van der Waals surface area contributed by atoms with Crippen LogP contribution in [0.5, 0.6) is 0 Å². The fraction of sp³-hybridized carbons (Fsp3) is 0.667. The number of rotatable bonds is 3. The van der Waals surface area contributed by atoms with Gasteiger partial charge < -0.3 is 45.8 Å². The molecule has 3 unspecified atom stereocenters. The van der Waals surface area contributed by atoms with Crippen molar-refractivity contribution in [2.75, 3.05) is 0 Å². The van der Waals surface area contributed by atoms with Crippen LogP contribution in [0.3, 0.4) is 0 Å². The number of hydrogen-bond donors (Lipinski definition) is 3. The third-order valence-electron chi connectivity index (χ3n) is 1.27. The minimum atomic E-state index is -1.31. The molecule has 0 fully saturated rings. The van der Waals surface area contributed by atoms with Gasteiger partial charge in [-0.2, -0.15) is 0 Å². The first-order chi connectivity index (χ1) is 9.54. The Morgan fingerprint density at radius 2 is 0.818 bits per heavy atom. The monoisotopic (exact) mass is 342 g/mol. The molecule has 0 aliphatic rings. The van der Waals surface area contributed by atoms with E-state index in [0.717, 1.165) is 20.8 Å². The van der Waals surface area contributed by atoms with Gasteiger partial charge in [0.2, 0.25) is 0 Å². The Balaban J connectivity index is -0.000000108. The average molecular weight is 342 g/mol. The third-order valence-corrected chi connectivity index (χ3v) is 1.27. The number of aliphatic hydroxyl groups excluding tert-OH is 3. The van der Waals surface area contributed by atoms with Crippen molar-refractivity contribution >= 4 is 35.3 Å². The van der Waals surface area contributed by atoms with Crippen LogP contribution in [-0.4, -0.2) is 68.9 Å². The van der Waals surface area contributed by atoms with Gasteiger partial charge in [0.25, 0.3) is 0 Å². The summed E-state index contributed by atoms with van der Waals surface area (Å²) in [5.41, 5.74) is 0. The number of hydrogen-bond acceptors (Lipinski definition) is 12. The number of aliphatic hydroxyl groups is 3. The largest absolute Gasteiger partial charge is 3.00 e. The first kappa shape index (κ1) is 28.8. The minimum Gasteiger partial charge on any atom is -0.662 e. The zero-order valence-electron chi connectivity index (χ0n) is 11.8. The average Bonchev–Trinajstić information content (AvgIpc) is 2.45. The molecular formula is C9H15AlO12. The Morgan fingerprint density at radius 1 is 0.682 bits per heavy atom. The SMILES string of the molecule is CC(O)C(=O)O[O-].CC(O)C(=O)O[O-].CC(O)C(=O)O[O-].[Al+3]. The number of carbonyl (C=O) groups excluding carboxylic acids is 3. The summed E-state index contributed by atoms with van der Waals surface area (Å²) >= 11 is 0. The molecule has 0 rings (SSSR count). The maximum absolute atomic E-state index is 9.73. The molecule has 3 N–H and O–H groups in total. The predicted molar refractivity (Wildman–Crippen MR) is 59.1 cm³/mol. The van der Waals surface area contributed by atoms with Gasteiger partial charge in [0.1, 0.15) is 18.3 Å². The van der Waals surface area contributed by atoms with E-state index in [0.29, 0.717) is 0 Å². The molecule has 0 radical (unpaired) electrons. The molecule has 0 heterocycles. The summed E-state index contributed by atoms with van der Waals surface area (Å²) in [6, 6.07) is 0. The van der Waals surface area contributed by atoms with Crippen molar-refractivity contribution < 1.29 is 60.1 Å². The molecule has 0 aromatic heterocycles. The Labute approximate surface area is 135 Å². The van der Waals surface area contributed by atoms with Crippen LogP contribution >= 0.6 is 0 Å². The van der Waals surface area contributed by atoms with Crippen LogP contribution in [-0.2, 0) is 29.0 Å². The Morgan fingerprint density at radius 3 is 0.818 bits per heavy atom. The van der Waals surface area contributed by atoms with Gasteiger partial charge >= 0.3 is 35.3 Å². The van der Waals surface area contributed by atoms with E-state index in [1.54, 1.807) is 0 Å². The van der Waals surface area contributed by atoms with E-state index < -0.39 is 36.2 Å². The smallest absolute Gasteiger partial charge is 0.662 e. The van der Waals surface area contributed by atoms with Gasteiger partial charge in [-0.05, 0) is 20.8 Å². The van der Waals surface area contributed by atoms with E-state index in [1.165, 1.54) is 0 Å². The van der Waals surface area contributed by atoms with Crippen molar-refractivity contribution in [1.82, 2.24) is 0 Å². The molecule has 0 saturated heterocycles. The first-order valence-electron chi connectivity index (χ1n) is 5.10. The van der Waals surface area contributed by atoms with E-state index in [2.05, 4.69) is 14.7 Å². The van der Waals surface area contributed by atoms with Crippen molar-refractivity contribution in [3.8, 4) is 0 Å².